The highest BCUT2D eigenvalue weighted by atomic mass is 19.4. The fourth-order valence-corrected chi connectivity index (χ4v) is 4.01. The third kappa shape index (κ3) is 3.49. The maximum atomic E-state index is 13.2. The van der Waals surface area contributed by atoms with E-state index in [4.69, 9.17) is 0 Å². The van der Waals surface area contributed by atoms with Gasteiger partial charge in [0, 0.05) is 5.39 Å². The van der Waals surface area contributed by atoms with Crippen molar-refractivity contribution in [3.8, 4) is 0 Å². The van der Waals surface area contributed by atoms with Crippen LogP contribution in [0, 0.1) is 0 Å². The number of benzene rings is 3. The predicted molar refractivity (Wildman–Crippen MR) is 115 cm³/mol. The van der Waals surface area contributed by atoms with Crippen LogP contribution in [0.4, 0.5) is 24.5 Å². The Hall–Kier alpha value is -4.21. The molecule has 1 unspecified atom stereocenters. The molecule has 3 aromatic rings. The number of hydrazone groups is 1. The molecule has 3 aromatic carbocycles. The Kier molecular flexibility index (Phi) is 4.66. The van der Waals surface area contributed by atoms with E-state index in [1.165, 1.54) is 18.3 Å². The zero-order valence-electron chi connectivity index (χ0n) is 16.8. The molecular weight excluding hydrogens is 437 g/mol. The van der Waals surface area contributed by atoms with Crippen LogP contribution >= 0.6 is 0 Å². The maximum Gasteiger partial charge on any atom is 0.416 e. The third-order valence-electron chi connectivity index (χ3n) is 5.48. The van der Waals surface area contributed by atoms with Gasteiger partial charge in [-0.25, -0.2) is 4.99 Å². The number of hydrogen-bond donors (Lipinski definition) is 1. The van der Waals surface area contributed by atoms with Gasteiger partial charge in [-0.2, -0.15) is 23.3 Å². The van der Waals surface area contributed by atoms with Gasteiger partial charge in [0.15, 0.2) is 0 Å². The number of carbonyl (C=O) groups excluding carboxylic acids is 1. The number of amides is 1. The largest absolute Gasteiger partial charge is 0.481 e. The second-order valence-electron chi connectivity index (χ2n) is 7.56. The summed E-state index contributed by atoms with van der Waals surface area (Å²) in [7, 11) is 0. The van der Waals surface area contributed by atoms with Crippen LogP contribution < -0.4 is 4.90 Å². The number of rotatable bonds is 4. The monoisotopic (exact) mass is 452 g/mol. The predicted octanol–water partition coefficient (Wildman–Crippen LogP) is 4.39. The van der Waals surface area contributed by atoms with Crippen molar-refractivity contribution in [1.82, 2.24) is 5.01 Å². The molecule has 0 radical (unpaired) electrons. The first-order valence-electron chi connectivity index (χ1n) is 9.91. The van der Waals surface area contributed by atoms with Crippen LogP contribution in [0.5, 0.6) is 0 Å². The average Bonchev–Trinajstić information content (AvgIpc) is 3.03. The summed E-state index contributed by atoms with van der Waals surface area (Å²) < 4.78 is 38.4. The van der Waals surface area contributed by atoms with E-state index in [-0.39, 0.29) is 5.96 Å². The van der Waals surface area contributed by atoms with Crippen LogP contribution in [-0.4, -0.2) is 40.2 Å². The minimum Gasteiger partial charge on any atom is -0.481 e. The van der Waals surface area contributed by atoms with Gasteiger partial charge in [0.25, 0.3) is 5.91 Å². The summed E-state index contributed by atoms with van der Waals surface area (Å²) in [6, 6.07) is 14.2. The number of halogens is 3. The zero-order chi connectivity index (χ0) is 23.3. The van der Waals surface area contributed by atoms with E-state index >= 15 is 0 Å². The van der Waals surface area contributed by atoms with E-state index in [1.54, 1.807) is 23.1 Å². The molecule has 166 valence electrons. The van der Waals surface area contributed by atoms with Crippen LogP contribution in [-0.2, 0) is 15.8 Å². The van der Waals surface area contributed by atoms with E-state index in [2.05, 4.69) is 10.1 Å². The summed E-state index contributed by atoms with van der Waals surface area (Å²) in [5.41, 5.74) is 0.779. The number of alkyl halides is 3. The van der Waals surface area contributed by atoms with E-state index in [0.29, 0.717) is 16.9 Å². The molecular formula is C23H15F3N4O3. The lowest BCUT2D eigenvalue weighted by Crippen LogP contribution is -2.38. The Morgan fingerprint density at radius 3 is 2.45 bits per heavy atom. The molecule has 0 saturated carbocycles. The zero-order valence-corrected chi connectivity index (χ0v) is 16.8. The van der Waals surface area contributed by atoms with Crippen molar-refractivity contribution in [1.29, 1.82) is 0 Å². The van der Waals surface area contributed by atoms with Crippen LogP contribution in [0.2, 0.25) is 0 Å². The van der Waals surface area contributed by atoms with Gasteiger partial charge in [0.05, 0.1) is 29.6 Å². The first-order valence-corrected chi connectivity index (χ1v) is 9.91. The molecule has 0 bridgehead atoms. The van der Waals surface area contributed by atoms with E-state index in [1.807, 2.05) is 18.2 Å². The quantitative estimate of drug-likeness (QED) is 0.595. The molecule has 0 aromatic heterocycles. The van der Waals surface area contributed by atoms with Crippen molar-refractivity contribution in [3.05, 3.63) is 71.8 Å². The Morgan fingerprint density at radius 2 is 1.79 bits per heavy atom. The number of aliphatic carboxylic acids is 1. The number of anilines is 1. The van der Waals surface area contributed by atoms with Gasteiger partial charge in [-0.1, -0.05) is 36.4 Å². The molecule has 7 nitrogen and oxygen atoms in total. The van der Waals surface area contributed by atoms with Gasteiger partial charge in [-0.15, -0.1) is 0 Å². The molecule has 0 spiro atoms. The molecule has 10 heteroatoms. The van der Waals surface area contributed by atoms with E-state index < -0.39 is 36.1 Å². The molecule has 2 aliphatic rings. The van der Waals surface area contributed by atoms with Crippen molar-refractivity contribution in [3.63, 3.8) is 0 Å². The molecule has 2 heterocycles. The molecule has 33 heavy (non-hydrogen) atoms. The second-order valence-corrected chi connectivity index (χ2v) is 7.56. The molecule has 2 aliphatic heterocycles. The molecule has 1 N–H and O–H groups in total. The summed E-state index contributed by atoms with van der Waals surface area (Å²) in [6.07, 6.45) is -3.69. The minimum atomic E-state index is -4.46. The number of hydrogen-bond acceptors (Lipinski definition) is 5. The van der Waals surface area contributed by atoms with Crippen LogP contribution in [0.15, 0.2) is 70.8 Å². The number of nitrogens with zero attached hydrogens (tertiary/aromatic N) is 4. The number of guanidine groups is 1. The fraction of sp³-hybridized carbons (Fsp3) is 0.130. The molecule has 5 rings (SSSR count). The Morgan fingerprint density at radius 1 is 1.09 bits per heavy atom. The Balaban J connectivity index is 1.57. The number of carbonyl (C=O) groups is 2. The van der Waals surface area contributed by atoms with E-state index in [0.717, 1.165) is 27.9 Å². The maximum absolute atomic E-state index is 13.2. The first-order chi connectivity index (χ1) is 15.7. The topological polar surface area (TPSA) is 85.6 Å². The lowest BCUT2D eigenvalue weighted by Gasteiger charge is -2.28. The minimum absolute atomic E-state index is 0.139. The highest BCUT2D eigenvalue weighted by molar-refractivity contribution is 6.24. The Labute approximate surface area is 185 Å². The summed E-state index contributed by atoms with van der Waals surface area (Å²) in [5, 5.41) is 16.2. The van der Waals surface area contributed by atoms with Gasteiger partial charge >= 0.3 is 12.1 Å². The smallest absolute Gasteiger partial charge is 0.416 e. The van der Waals surface area contributed by atoms with E-state index in [9.17, 15) is 27.9 Å². The van der Waals surface area contributed by atoms with Gasteiger partial charge < -0.3 is 5.11 Å². The first kappa shape index (κ1) is 20.7. The van der Waals surface area contributed by atoms with Crippen molar-refractivity contribution in [2.45, 2.75) is 18.6 Å². The third-order valence-corrected chi connectivity index (χ3v) is 5.48. The normalized spacial score (nSPS) is 17.6. The summed E-state index contributed by atoms with van der Waals surface area (Å²) >= 11 is 0. The van der Waals surface area contributed by atoms with Crippen LogP contribution in [0.3, 0.4) is 0 Å². The molecule has 1 amide bonds. The van der Waals surface area contributed by atoms with Crippen LogP contribution in [0.1, 0.15) is 17.5 Å². The average molecular weight is 452 g/mol. The molecule has 0 aliphatic carbocycles. The highest BCUT2D eigenvalue weighted by Gasteiger charge is 2.47. The number of carboxylic acid groups (broad SMARTS) is 1. The highest BCUT2D eigenvalue weighted by Crippen LogP contribution is 2.42. The lowest BCUT2D eigenvalue weighted by molar-refractivity contribution is -0.140. The summed E-state index contributed by atoms with van der Waals surface area (Å²) in [5.74, 6) is -1.61. The van der Waals surface area contributed by atoms with Crippen LogP contribution in [0.25, 0.3) is 10.8 Å². The number of aliphatic imine (C=N–C) groups is 1. The van der Waals surface area contributed by atoms with Gasteiger partial charge in [-0.05, 0) is 35.2 Å². The molecule has 1 saturated heterocycles. The second kappa shape index (κ2) is 7.44. The number of carboxylic acids is 1. The van der Waals surface area contributed by atoms with Gasteiger partial charge in [0.1, 0.15) is 6.04 Å². The molecule has 1 atom stereocenters. The van der Waals surface area contributed by atoms with Crippen molar-refractivity contribution in [2.75, 3.05) is 4.90 Å². The van der Waals surface area contributed by atoms with Gasteiger partial charge in [0.2, 0.25) is 5.96 Å². The van der Waals surface area contributed by atoms with Crippen molar-refractivity contribution < 1.29 is 27.9 Å². The van der Waals surface area contributed by atoms with Crippen molar-refractivity contribution >= 4 is 46.2 Å². The summed E-state index contributed by atoms with van der Waals surface area (Å²) in [6.45, 7) is 0. The van der Waals surface area contributed by atoms with Gasteiger partial charge in [-0.3, -0.25) is 14.5 Å². The number of fused-ring (bicyclic) bond motifs is 2. The summed E-state index contributed by atoms with van der Waals surface area (Å²) in [4.78, 5) is 30.8. The SMILES string of the molecule is O=C(O)CC1C(=O)N(/N=C/c2ccc(C(F)(F)F)cc2)C2=Nc3cccc4cccc(c34)N21. The fourth-order valence-electron chi connectivity index (χ4n) is 4.01. The standard InChI is InChI=1S/C23H15F3N4O3/c24-23(25,26)15-9-7-13(8-10-15)12-27-30-21(33)18(11-19(31)32)29-17-6-2-4-14-3-1-5-16(20(14)17)28-22(29)30/h1-10,12,18H,11H2,(H,31,32)/b27-12+. The van der Waals surface area contributed by atoms with Crippen molar-refractivity contribution in [2.24, 2.45) is 10.1 Å². The Bertz CT molecular complexity index is 1340. The molecule has 1 fully saturated rings. The lowest BCUT2D eigenvalue weighted by atomic mass is 10.0.